The molecule has 0 saturated carbocycles. The number of amides is 2. The largest absolute Gasteiger partial charge is 0.474 e. The Labute approximate surface area is 163 Å². The van der Waals surface area contributed by atoms with Crippen LogP contribution in [0, 0.1) is 11.2 Å². The van der Waals surface area contributed by atoms with Crippen molar-refractivity contribution >= 4 is 17.5 Å². The van der Waals surface area contributed by atoms with Crippen molar-refractivity contribution in [3.05, 3.63) is 42.5 Å². The summed E-state index contributed by atoms with van der Waals surface area (Å²) < 4.78 is 20.7. The van der Waals surface area contributed by atoms with E-state index in [1.807, 2.05) is 31.1 Å². The van der Waals surface area contributed by atoms with Gasteiger partial charge < -0.3 is 9.64 Å². The quantitative estimate of drug-likeness (QED) is 0.756. The fourth-order valence-electron chi connectivity index (χ4n) is 4.15. The van der Waals surface area contributed by atoms with Gasteiger partial charge >= 0.3 is 6.03 Å². The minimum absolute atomic E-state index is 0.00924. The van der Waals surface area contributed by atoms with Gasteiger partial charge in [-0.05, 0) is 18.2 Å². The van der Waals surface area contributed by atoms with E-state index in [-0.39, 0.29) is 17.3 Å². The molecule has 2 aliphatic rings. The minimum Gasteiger partial charge on any atom is -0.474 e. The zero-order chi connectivity index (χ0) is 19.9. The highest BCUT2D eigenvalue weighted by atomic mass is 19.1. The second kappa shape index (κ2) is 6.92. The normalized spacial score (nSPS) is 17.4. The van der Waals surface area contributed by atoms with Crippen LogP contribution >= 0.6 is 0 Å². The van der Waals surface area contributed by atoms with Crippen LogP contribution in [0.15, 0.2) is 36.7 Å². The minimum atomic E-state index is -0.258. The Morgan fingerprint density at radius 3 is 2.93 bits per heavy atom. The van der Waals surface area contributed by atoms with Gasteiger partial charge in [0.1, 0.15) is 18.5 Å². The molecule has 28 heavy (non-hydrogen) atoms. The summed E-state index contributed by atoms with van der Waals surface area (Å²) in [7, 11) is 3.82. The van der Waals surface area contributed by atoms with Gasteiger partial charge in [0.15, 0.2) is 5.82 Å². The Hall–Kier alpha value is -2.90. The maximum atomic E-state index is 13.3. The first-order valence-corrected chi connectivity index (χ1v) is 9.37. The highest BCUT2D eigenvalue weighted by Gasteiger charge is 2.46. The lowest BCUT2D eigenvalue weighted by Crippen LogP contribution is -2.64. The number of halogens is 1. The number of urea groups is 1. The third kappa shape index (κ3) is 3.34. The number of aryl methyl sites for hydroxylation is 1. The molecule has 0 radical (unpaired) electrons. The molecule has 2 aliphatic heterocycles. The van der Waals surface area contributed by atoms with Crippen LogP contribution in [0.4, 0.5) is 20.7 Å². The average molecular weight is 386 g/mol. The first-order chi connectivity index (χ1) is 13.4. The average Bonchev–Trinajstić information content (AvgIpc) is 2.64. The van der Waals surface area contributed by atoms with Crippen molar-refractivity contribution in [2.75, 3.05) is 49.6 Å². The first kappa shape index (κ1) is 18.5. The molecule has 2 aromatic heterocycles. The highest BCUT2D eigenvalue weighted by molar-refractivity contribution is 5.94. The van der Waals surface area contributed by atoms with Crippen molar-refractivity contribution in [2.45, 2.75) is 6.92 Å². The van der Waals surface area contributed by atoms with Gasteiger partial charge in [-0.2, -0.15) is 0 Å². The van der Waals surface area contributed by atoms with Gasteiger partial charge in [-0.1, -0.05) is 6.92 Å². The van der Waals surface area contributed by atoms with Crippen molar-refractivity contribution in [1.82, 2.24) is 9.88 Å². The van der Waals surface area contributed by atoms with E-state index in [4.69, 9.17) is 4.74 Å². The van der Waals surface area contributed by atoms with Crippen LogP contribution in [0.3, 0.4) is 0 Å². The van der Waals surface area contributed by atoms with Gasteiger partial charge in [0.25, 0.3) is 5.82 Å². The monoisotopic (exact) mass is 386 g/mol. The number of carbonyl (C=O) groups is 1. The lowest BCUT2D eigenvalue weighted by atomic mass is 9.81. The molecule has 0 atom stereocenters. The molecule has 0 unspecified atom stereocenters. The summed E-state index contributed by atoms with van der Waals surface area (Å²) in [5, 5.41) is 0. The van der Waals surface area contributed by atoms with E-state index in [9.17, 15) is 9.18 Å². The van der Waals surface area contributed by atoms with Crippen molar-refractivity contribution in [1.29, 1.82) is 0 Å². The summed E-state index contributed by atoms with van der Waals surface area (Å²) in [6.07, 6.45) is 3.13. The molecule has 4 heterocycles. The topological polar surface area (TPSA) is 52.8 Å². The maximum Gasteiger partial charge on any atom is 0.324 e. The van der Waals surface area contributed by atoms with Crippen molar-refractivity contribution in [3.63, 3.8) is 0 Å². The first-order valence-electron chi connectivity index (χ1n) is 9.37. The number of likely N-dealkylation sites (tertiary alicyclic amines) is 1. The third-order valence-corrected chi connectivity index (χ3v) is 5.32. The van der Waals surface area contributed by atoms with Crippen molar-refractivity contribution < 1.29 is 18.5 Å². The molecule has 148 valence electrons. The molecular weight excluding hydrogens is 361 g/mol. The number of hydrogen-bond donors (Lipinski definition) is 0. The second-order valence-corrected chi connectivity index (χ2v) is 7.95. The number of nitrogens with zero attached hydrogens (tertiary/aromatic N) is 5. The molecule has 2 amide bonds. The van der Waals surface area contributed by atoms with Gasteiger partial charge in [-0.15, -0.1) is 0 Å². The van der Waals surface area contributed by atoms with Gasteiger partial charge in [0.2, 0.25) is 5.88 Å². The fraction of sp³-hybridized carbons (Fsp3) is 0.450. The predicted molar refractivity (Wildman–Crippen MR) is 103 cm³/mol. The number of hydrogen-bond acceptors (Lipinski definition) is 4. The highest BCUT2D eigenvalue weighted by Crippen LogP contribution is 2.35. The maximum absolute atomic E-state index is 13.3. The number of fused-ring (bicyclic) bond motifs is 1. The van der Waals surface area contributed by atoms with Gasteiger partial charge in [-0.3, -0.25) is 9.80 Å². The summed E-state index contributed by atoms with van der Waals surface area (Å²) in [5.74, 6) is 1.18. The summed E-state index contributed by atoms with van der Waals surface area (Å²) in [4.78, 5) is 22.9. The Balaban J connectivity index is 1.40. The Kier molecular flexibility index (Phi) is 4.56. The molecule has 7 nitrogen and oxygen atoms in total. The number of ether oxygens (including phenoxy) is 1. The van der Waals surface area contributed by atoms with Crippen LogP contribution in [0.5, 0.6) is 5.88 Å². The van der Waals surface area contributed by atoms with E-state index in [0.717, 1.165) is 18.1 Å². The lowest BCUT2D eigenvalue weighted by Gasteiger charge is -2.49. The van der Waals surface area contributed by atoms with E-state index < -0.39 is 0 Å². The molecule has 0 aliphatic carbocycles. The molecular formula is C20H25FN5O2+. The van der Waals surface area contributed by atoms with Crippen molar-refractivity contribution in [3.8, 4) is 5.88 Å². The van der Waals surface area contributed by atoms with Crippen LogP contribution in [0.1, 0.15) is 6.92 Å². The fourth-order valence-corrected chi connectivity index (χ4v) is 4.15. The summed E-state index contributed by atoms with van der Waals surface area (Å²) >= 11 is 0. The number of rotatable bonds is 3. The molecule has 4 rings (SSSR count). The number of aromatic nitrogens is 2. The van der Waals surface area contributed by atoms with Crippen LogP contribution in [-0.4, -0.2) is 55.7 Å². The summed E-state index contributed by atoms with van der Waals surface area (Å²) in [6, 6.07) is 6.91. The lowest BCUT2D eigenvalue weighted by molar-refractivity contribution is -0.660. The molecule has 0 spiro atoms. The standard InChI is InChI=1S/C20H25FN5O2/c1-20(12-24(3)17-7-6-15(21)11-23(17)2)13-25(14-20)19(27)26-9-10-28-18-16(26)5-4-8-22-18/h4-8,11H,9-10,12-14H2,1-3H3/q+1. The summed E-state index contributed by atoms with van der Waals surface area (Å²) in [5.41, 5.74) is 0.707. The van der Waals surface area contributed by atoms with Gasteiger partial charge in [0, 0.05) is 30.8 Å². The smallest absolute Gasteiger partial charge is 0.324 e. The molecule has 0 bridgehead atoms. The predicted octanol–water partition coefficient (Wildman–Crippen LogP) is 1.82. The molecule has 2 aromatic rings. The van der Waals surface area contributed by atoms with Crippen LogP contribution in [0.2, 0.25) is 0 Å². The Morgan fingerprint density at radius 1 is 1.39 bits per heavy atom. The third-order valence-electron chi connectivity index (χ3n) is 5.32. The van der Waals surface area contributed by atoms with E-state index in [1.165, 1.54) is 12.3 Å². The second-order valence-electron chi connectivity index (χ2n) is 7.95. The van der Waals surface area contributed by atoms with Crippen LogP contribution in [0.25, 0.3) is 0 Å². The number of carbonyl (C=O) groups excluding carboxylic acids is 1. The molecule has 1 saturated heterocycles. The van der Waals surface area contributed by atoms with E-state index >= 15 is 0 Å². The Bertz CT molecular complexity index is 900. The zero-order valence-electron chi connectivity index (χ0n) is 16.4. The SMILES string of the molecule is CN(CC1(C)CN(C(=O)N2CCOc3ncccc32)C1)c1ccc(F)c[n+]1C. The molecule has 0 aromatic carbocycles. The van der Waals surface area contributed by atoms with Gasteiger partial charge in [0.05, 0.1) is 27.2 Å². The zero-order valence-corrected chi connectivity index (χ0v) is 16.4. The van der Waals surface area contributed by atoms with E-state index in [0.29, 0.717) is 32.1 Å². The molecule has 1 fully saturated rings. The van der Waals surface area contributed by atoms with Crippen LogP contribution < -0.4 is 19.1 Å². The Morgan fingerprint density at radius 2 is 2.18 bits per heavy atom. The van der Waals surface area contributed by atoms with Crippen molar-refractivity contribution in [2.24, 2.45) is 12.5 Å². The van der Waals surface area contributed by atoms with Gasteiger partial charge in [-0.25, -0.2) is 18.7 Å². The number of pyridine rings is 2. The van der Waals surface area contributed by atoms with E-state index in [2.05, 4.69) is 16.8 Å². The molecule has 8 heteroatoms. The van der Waals surface area contributed by atoms with Crippen LogP contribution in [-0.2, 0) is 7.05 Å². The number of anilines is 2. The van der Waals surface area contributed by atoms with E-state index in [1.54, 1.807) is 21.7 Å². The molecule has 0 N–H and O–H groups in total. The summed E-state index contributed by atoms with van der Waals surface area (Å²) in [6.45, 7) is 5.27.